The highest BCUT2D eigenvalue weighted by Gasteiger charge is 2.38. The summed E-state index contributed by atoms with van der Waals surface area (Å²) in [5.74, 6) is -1.44. The normalized spacial score (nSPS) is 15.0. The summed E-state index contributed by atoms with van der Waals surface area (Å²) in [5.41, 5.74) is 3.28. The Kier molecular flexibility index (Phi) is 6.08. The molecule has 0 radical (unpaired) electrons. The molecule has 7 heteroatoms. The number of esters is 2. The fraction of sp³-hybridized carbons (Fsp3) is 0.174. The van der Waals surface area contributed by atoms with Crippen molar-refractivity contribution in [1.82, 2.24) is 0 Å². The maximum atomic E-state index is 13.3. The lowest BCUT2D eigenvalue weighted by Gasteiger charge is -2.18. The van der Waals surface area contributed by atoms with E-state index >= 15 is 0 Å². The quantitative estimate of drug-likeness (QED) is 0.539. The molecule has 0 saturated carbocycles. The average Bonchev–Trinajstić information content (AvgIpc) is 2.99. The van der Waals surface area contributed by atoms with Gasteiger partial charge in [-0.1, -0.05) is 29.8 Å². The van der Waals surface area contributed by atoms with Gasteiger partial charge in [0.25, 0.3) is 5.91 Å². The van der Waals surface area contributed by atoms with E-state index < -0.39 is 11.9 Å². The highest BCUT2D eigenvalue weighted by Crippen LogP contribution is 2.36. The van der Waals surface area contributed by atoms with Gasteiger partial charge in [-0.25, -0.2) is 9.59 Å². The molecule has 0 spiro atoms. The third-order valence-electron chi connectivity index (χ3n) is 4.85. The number of halogens is 1. The van der Waals surface area contributed by atoms with Crippen molar-refractivity contribution in [2.75, 3.05) is 19.1 Å². The number of nitrogens with zero attached hydrogens (tertiary/aromatic N) is 1. The van der Waals surface area contributed by atoms with Crippen LogP contribution in [0.15, 0.2) is 59.3 Å². The first-order valence-electron chi connectivity index (χ1n) is 9.08. The molecule has 0 saturated heterocycles. The number of carbonyl (C=O) groups excluding carboxylic acids is 3. The molecule has 2 aromatic rings. The van der Waals surface area contributed by atoms with Crippen LogP contribution in [0.5, 0.6) is 0 Å². The molecule has 154 valence electrons. The number of benzene rings is 2. The first-order valence-corrected chi connectivity index (χ1v) is 9.46. The molecule has 0 aliphatic carbocycles. The van der Waals surface area contributed by atoms with Crippen LogP contribution in [0.3, 0.4) is 0 Å². The van der Waals surface area contributed by atoms with E-state index in [1.807, 2.05) is 13.0 Å². The van der Waals surface area contributed by atoms with Gasteiger partial charge in [0, 0.05) is 10.7 Å². The van der Waals surface area contributed by atoms with Gasteiger partial charge in [-0.2, -0.15) is 0 Å². The van der Waals surface area contributed by atoms with Crippen LogP contribution in [-0.4, -0.2) is 32.1 Å². The van der Waals surface area contributed by atoms with Crippen LogP contribution >= 0.6 is 11.6 Å². The number of carbonyl (C=O) groups is 3. The van der Waals surface area contributed by atoms with Crippen molar-refractivity contribution in [2.24, 2.45) is 0 Å². The fourth-order valence-electron chi connectivity index (χ4n) is 3.21. The van der Waals surface area contributed by atoms with Gasteiger partial charge in [0.15, 0.2) is 0 Å². The van der Waals surface area contributed by atoms with Crippen molar-refractivity contribution in [1.29, 1.82) is 0 Å². The van der Waals surface area contributed by atoms with Gasteiger partial charge in [-0.15, -0.1) is 0 Å². The van der Waals surface area contributed by atoms with E-state index in [9.17, 15) is 14.4 Å². The number of aryl methyl sites for hydroxylation is 1. The van der Waals surface area contributed by atoms with Gasteiger partial charge < -0.3 is 9.47 Å². The van der Waals surface area contributed by atoms with E-state index in [1.165, 1.54) is 19.1 Å². The van der Waals surface area contributed by atoms with Crippen LogP contribution in [0.1, 0.15) is 28.4 Å². The molecule has 0 atom stereocenters. The van der Waals surface area contributed by atoms with Crippen molar-refractivity contribution in [3.8, 4) is 0 Å². The minimum Gasteiger partial charge on any atom is -0.465 e. The first kappa shape index (κ1) is 21.3. The van der Waals surface area contributed by atoms with Crippen molar-refractivity contribution < 1.29 is 23.9 Å². The lowest BCUT2D eigenvalue weighted by atomic mass is 10.0. The molecule has 1 aliphatic rings. The molecule has 1 aliphatic heterocycles. The predicted molar refractivity (Wildman–Crippen MR) is 114 cm³/mol. The molecule has 1 heterocycles. The molecule has 6 nitrogen and oxygen atoms in total. The van der Waals surface area contributed by atoms with Crippen LogP contribution in [-0.2, 0) is 19.1 Å². The molecular formula is C23H20ClNO5. The lowest BCUT2D eigenvalue weighted by molar-refractivity contribution is -0.136. The zero-order valence-electron chi connectivity index (χ0n) is 17.0. The smallest absolute Gasteiger partial charge is 0.340 e. The van der Waals surface area contributed by atoms with E-state index in [4.69, 9.17) is 21.1 Å². The van der Waals surface area contributed by atoms with Gasteiger partial charge >= 0.3 is 11.9 Å². The summed E-state index contributed by atoms with van der Waals surface area (Å²) in [6.45, 7) is 3.54. The third-order valence-corrected chi connectivity index (χ3v) is 5.25. The molecule has 0 fully saturated rings. The minimum atomic E-state index is -0.612. The van der Waals surface area contributed by atoms with E-state index in [0.29, 0.717) is 27.5 Å². The molecule has 2 aromatic carbocycles. The van der Waals surface area contributed by atoms with Crippen molar-refractivity contribution in [2.45, 2.75) is 13.8 Å². The molecule has 3 rings (SSSR count). The Labute approximate surface area is 179 Å². The zero-order valence-corrected chi connectivity index (χ0v) is 17.7. The summed E-state index contributed by atoms with van der Waals surface area (Å²) in [7, 11) is 2.57. The summed E-state index contributed by atoms with van der Waals surface area (Å²) in [5, 5.41) is 0.517. The number of methoxy groups -OCH3 is 2. The van der Waals surface area contributed by atoms with Crippen LogP contribution in [0, 0.1) is 6.92 Å². The Bertz CT molecular complexity index is 1100. The Hall–Kier alpha value is -3.38. The topological polar surface area (TPSA) is 72.9 Å². The molecule has 30 heavy (non-hydrogen) atoms. The van der Waals surface area contributed by atoms with E-state index in [2.05, 4.69) is 0 Å². The standard InChI is InChI=1S/C23H20ClNO5/c1-13-5-10-17(12-19(13)24)25-14(2)20(23(28)30-4)18(21(25)26)11-15-6-8-16(9-7-15)22(27)29-3/h5-12H,1-4H3/b18-11-. The summed E-state index contributed by atoms with van der Waals surface area (Å²) >= 11 is 6.23. The second-order valence-corrected chi connectivity index (χ2v) is 7.10. The van der Waals surface area contributed by atoms with Gasteiger partial charge in [0.1, 0.15) is 0 Å². The second kappa shape index (κ2) is 8.55. The highest BCUT2D eigenvalue weighted by molar-refractivity contribution is 6.32. The van der Waals surface area contributed by atoms with Crippen LogP contribution < -0.4 is 4.90 Å². The molecule has 0 unspecified atom stereocenters. The van der Waals surface area contributed by atoms with E-state index in [0.717, 1.165) is 5.56 Å². The zero-order chi connectivity index (χ0) is 22.0. The van der Waals surface area contributed by atoms with Crippen LogP contribution in [0.4, 0.5) is 5.69 Å². The van der Waals surface area contributed by atoms with Crippen molar-refractivity contribution >= 4 is 41.2 Å². The maximum Gasteiger partial charge on any atom is 0.340 e. The average molecular weight is 426 g/mol. The Morgan fingerprint density at radius 3 is 2.17 bits per heavy atom. The summed E-state index contributed by atoms with van der Waals surface area (Å²) < 4.78 is 9.60. The van der Waals surface area contributed by atoms with Gasteiger partial charge in [-0.3, -0.25) is 9.69 Å². The summed E-state index contributed by atoms with van der Waals surface area (Å²) in [6.07, 6.45) is 1.59. The largest absolute Gasteiger partial charge is 0.465 e. The predicted octanol–water partition coefficient (Wildman–Crippen LogP) is 4.31. The van der Waals surface area contributed by atoms with Crippen LogP contribution in [0.2, 0.25) is 5.02 Å². The fourth-order valence-corrected chi connectivity index (χ4v) is 3.39. The number of allylic oxidation sites excluding steroid dienone is 1. The van der Waals surface area contributed by atoms with Crippen molar-refractivity contribution in [3.63, 3.8) is 0 Å². The number of rotatable bonds is 4. The SMILES string of the molecule is COC(=O)C1=C(C)N(c2ccc(C)c(Cl)c2)C(=O)/C1=C\c1ccc(C(=O)OC)cc1. The molecular weight excluding hydrogens is 406 g/mol. The summed E-state index contributed by atoms with van der Waals surface area (Å²) in [4.78, 5) is 38.8. The molecule has 0 bridgehead atoms. The molecule has 0 aromatic heterocycles. The second-order valence-electron chi connectivity index (χ2n) is 6.70. The number of ether oxygens (including phenoxy) is 2. The van der Waals surface area contributed by atoms with Gasteiger partial charge in [-0.05, 0) is 55.3 Å². The number of amides is 1. The maximum absolute atomic E-state index is 13.3. The van der Waals surface area contributed by atoms with E-state index in [1.54, 1.807) is 49.4 Å². The lowest BCUT2D eigenvalue weighted by Crippen LogP contribution is -2.24. The summed E-state index contributed by atoms with van der Waals surface area (Å²) in [6, 6.07) is 11.8. The van der Waals surface area contributed by atoms with Gasteiger partial charge in [0.2, 0.25) is 0 Å². The number of hydrogen-bond acceptors (Lipinski definition) is 5. The van der Waals surface area contributed by atoms with Crippen molar-refractivity contribution in [3.05, 3.63) is 81.0 Å². The first-order chi connectivity index (χ1) is 14.3. The Morgan fingerprint density at radius 2 is 1.60 bits per heavy atom. The number of anilines is 1. The Balaban J connectivity index is 2.08. The van der Waals surface area contributed by atoms with E-state index in [-0.39, 0.29) is 17.1 Å². The number of hydrogen-bond donors (Lipinski definition) is 0. The van der Waals surface area contributed by atoms with Gasteiger partial charge in [0.05, 0.1) is 36.6 Å². The molecule has 1 amide bonds. The monoisotopic (exact) mass is 425 g/mol. The Morgan fingerprint density at radius 1 is 0.967 bits per heavy atom. The highest BCUT2D eigenvalue weighted by atomic mass is 35.5. The van der Waals surface area contributed by atoms with Crippen LogP contribution in [0.25, 0.3) is 6.08 Å². The third kappa shape index (κ3) is 3.86. The molecule has 0 N–H and O–H groups in total. The minimum absolute atomic E-state index is 0.177.